The van der Waals surface area contributed by atoms with Crippen molar-refractivity contribution in [2.45, 2.75) is 18.9 Å². The number of amides is 3. The maximum Gasteiger partial charge on any atom is 0.319 e. The van der Waals surface area contributed by atoms with E-state index < -0.39 is 0 Å². The molecule has 136 valence electrons. The van der Waals surface area contributed by atoms with Crippen LogP contribution in [0.1, 0.15) is 23.2 Å². The molecular weight excluding hydrogens is 332 g/mol. The molecule has 2 aromatic rings. The number of carbonyl (C=O) groups is 2. The minimum absolute atomic E-state index is 0.00619. The molecule has 3 rings (SSSR count). The zero-order valence-electron chi connectivity index (χ0n) is 14.6. The summed E-state index contributed by atoms with van der Waals surface area (Å²) in [6.07, 6.45) is 4.68. The van der Waals surface area contributed by atoms with Gasteiger partial charge in [0.15, 0.2) is 0 Å². The van der Waals surface area contributed by atoms with Crippen molar-refractivity contribution >= 4 is 17.6 Å². The first-order valence-electron chi connectivity index (χ1n) is 8.56. The van der Waals surface area contributed by atoms with Gasteiger partial charge in [-0.3, -0.25) is 9.78 Å². The number of nitrogens with one attached hydrogen (secondary N) is 2. The number of piperidine rings is 1. The molecule has 1 aromatic heterocycles. The Morgan fingerprint density at radius 3 is 2.58 bits per heavy atom. The number of hydrogen-bond donors (Lipinski definition) is 2. The van der Waals surface area contributed by atoms with E-state index in [4.69, 9.17) is 4.74 Å². The average Bonchev–Trinajstić information content (AvgIpc) is 2.69. The minimum atomic E-state index is -0.253. The summed E-state index contributed by atoms with van der Waals surface area (Å²) in [4.78, 5) is 30.3. The van der Waals surface area contributed by atoms with Crippen LogP contribution in [-0.2, 0) is 0 Å². The second-order valence-corrected chi connectivity index (χ2v) is 6.13. The van der Waals surface area contributed by atoms with E-state index in [1.54, 1.807) is 43.8 Å². The Morgan fingerprint density at radius 2 is 1.88 bits per heavy atom. The lowest BCUT2D eigenvalue weighted by molar-refractivity contribution is 0.0708. The number of carbonyl (C=O) groups excluding carboxylic acids is 2. The maximum absolute atomic E-state index is 12.4. The van der Waals surface area contributed by atoms with Gasteiger partial charge in [-0.15, -0.1) is 0 Å². The number of ether oxygens (including phenoxy) is 1. The molecule has 0 bridgehead atoms. The number of methoxy groups -OCH3 is 1. The van der Waals surface area contributed by atoms with Crippen molar-refractivity contribution in [1.82, 2.24) is 15.2 Å². The van der Waals surface area contributed by atoms with Gasteiger partial charge in [-0.1, -0.05) is 6.07 Å². The average molecular weight is 354 g/mol. The van der Waals surface area contributed by atoms with Crippen molar-refractivity contribution in [3.05, 3.63) is 54.4 Å². The zero-order chi connectivity index (χ0) is 18.4. The fourth-order valence-corrected chi connectivity index (χ4v) is 2.96. The number of urea groups is 1. The van der Waals surface area contributed by atoms with Crippen molar-refractivity contribution in [2.75, 3.05) is 25.5 Å². The fourth-order valence-electron chi connectivity index (χ4n) is 2.96. The number of rotatable bonds is 4. The molecule has 1 aliphatic rings. The summed E-state index contributed by atoms with van der Waals surface area (Å²) in [5.74, 6) is 0.692. The molecule has 1 fully saturated rings. The van der Waals surface area contributed by atoms with Crippen molar-refractivity contribution in [3.63, 3.8) is 0 Å². The molecule has 0 spiro atoms. The summed E-state index contributed by atoms with van der Waals surface area (Å²) in [6.45, 7) is 1.23. The van der Waals surface area contributed by atoms with Crippen LogP contribution in [0.3, 0.4) is 0 Å². The van der Waals surface area contributed by atoms with Gasteiger partial charge < -0.3 is 20.3 Å². The summed E-state index contributed by atoms with van der Waals surface area (Å²) in [5.41, 5.74) is 1.31. The highest BCUT2D eigenvalue weighted by atomic mass is 16.5. The highest BCUT2D eigenvalue weighted by Crippen LogP contribution is 2.17. The van der Waals surface area contributed by atoms with Gasteiger partial charge in [-0.2, -0.15) is 0 Å². The smallest absolute Gasteiger partial charge is 0.319 e. The molecule has 0 saturated carbocycles. The standard InChI is InChI=1S/C19H22N4O3/c1-26-17-4-2-3-16(13-17)22-19(25)21-15-7-11-23(12-8-15)18(24)14-5-9-20-10-6-14/h2-6,9-10,13,15H,7-8,11-12H2,1H3,(H2,21,22,25). The molecule has 0 atom stereocenters. The summed E-state index contributed by atoms with van der Waals surface area (Å²) in [7, 11) is 1.58. The third-order valence-corrected chi connectivity index (χ3v) is 4.37. The lowest BCUT2D eigenvalue weighted by atomic mass is 10.0. The molecule has 7 heteroatoms. The normalized spacial score (nSPS) is 14.6. The second kappa shape index (κ2) is 8.33. The number of hydrogen-bond acceptors (Lipinski definition) is 4. The lowest BCUT2D eigenvalue weighted by Gasteiger charge is -2.32. The van der Waals surface area contributed by atoms with Gasteiger partial charge in [-0.05, 0) is 37.1 Å². The Kier molecular flexibility index (Phi) is 5.68. The Labute approximate surface area is 152 Å². The van der Waals surface area contributed by atoms with Crippen LogP contribution in [-0.4, -0.2) is 48.1 Å². The SMILES string of the molecule is COc1cccc(NC(=O)NC2CCN(C(=O)c3ccncc3)CC2)c1. The third kappa shape index (κ3) is 4.50. The second-order valence-electron chi connectivity index (χ2n) is 6.13. The van der Waals surface area contributed by atoms with Gasteiger partial charge in [0.1, 0.15) is 5.75 Å². The quantitative estimate of drug-likeness (QED) is 0.884. The van der Waals surface area contributed by atoms with Gasteiger partial charge >= 0.3 is 6.03 Å². The number of nitrogens with zero attached hydrogens (tertiary/aromatic N) is 2. The molecule has 1 aromatic carbocycles. The van der Waals surface area contributed by atoms with Gasteiger partial charge in [0, 0.05) is 48.8 Å². The summed E-state index contributed by atoms with van der Waals surface area (Å²) in [5, 5.41) is 5.77. The minimum Gasteiger partial charge on any atom is -0.497 e. The Morgan fingerprint density at radius 1 is 1.15 bits per heavy atom. The van der Waals surface area contributed by atoms with E-state index in [1.807, 2.05) is 17.0 Å². The Bertz CT molecular complexity index is 758. The molecule has 1 aliphatic heterocycles. The predicted molar refractivity (Wildman–Crippen MR) is 98.3 cm³/mol. The van der Waals surface area contributed by atoms with E-state index in [-0.39, 0.29) is 18.0 Å². The molecular formula is C19H22N4O3. The zero-order valence-corrected chi connectivity index (χ0v) is 14.6. The lowest BCUT2D eigenvalue weighted by Crippen LogP contribution is -2.47. The van der Waals surface area contributed by atoms with Gasteiger partial charge in [0.25, 0.3) is 5.91 Å². The molecule has 7 nitrogen and oxygen atoms in total. The summed E-state index contributed by atoms with van der Waals surface area (Å²) in [6, 6.07) is 10.4. The molecule has 2 N–H and O–H groups in total. The monoisotopic (exact) mass is 354 g/mol. The molecule has 0 aliphatic carbocycles. The number of aromatic nitrogens is 1. The number of anilines is 1. The molecule has 26 heavy (non-hydrogen) atoms. The predicted octanol–water partition coefficient (Wildman–Crippen LogP) is 2.52. The third-order valence-electron chi connectivity index (χ3n) is 4.37. The van der Waals surface area contributed by atoms with E-state index in [0.29, 0.717) is 30.1 Å². The highest BCUT2D eigenvalue weighted by molar-refractivity contribution is 5.94. The molecule has 2 heterocycles. The van der Waals surface area contributed by atoms with Crippen LogP contribution in [0.15, 0.2) is 48.8 Å². The Balaban J connectivity index is 1.47. The van der Waals surface area contributed by atoms with Gasteiger partial charge in [-0.25, -0.2) is 4.79 Å². The first kappa shape index (κ1) is 17.7. The number of benzene rings is 1. The Hall–Kier alpha value is -3.09. The molecule has 0 unspecified atom stereocenters. The fraction of sp³-hybridized carbons (Fsp3) is 0.316. The topological polar surface area (TPSA) is 83.6 Å². The van der Waals surface area contributed by atoms with Crippen molar-refractivity contribution in [3.8, 4) is 5.75 Å². The van der Waals surface area contributed by atoms with Crippen molar-refractivity contribution in [1.29, 1.82) is 0 Å². The van der Waals surface area contributed by atoms with E-state index in [9.17, 15) is 9.59 Å². The maximum atomic E-state index is 12.4. The van der Waals surface area contributed by atoms with E-state index in [1.165, 1.54) is 0 Å². The largest absolute Gasteiger partial charge is 0.497 e. The first-order chi connectivity index (χ1) is 12.7. The number of likely N-dealkylation sites (tertiary alicyclic amines) is 1. The number of pyridine rings is 1. The van der Waals surface area contributed by atoms with Crippen LogP contribution in [0.4, 0.5) is 10.5 Å². The van der Waals surface area contributed by atoms with Crippen LogP contribution in [0, 0.1) is 0 Å². The van der Waals surface area contributed by atoms with E-state index in [2.05, 4.69) is 15.6 Å². The molecule has 0 radical (unpaired) electrons. The van der Waals surface area contributed by atoms with Crippen LogP contribution < -0.4 is 15.4 Å². The van der Waals surface area contributed by atoms with E-state index in [0.717, 1.165) is 12.8 Å². The summed E-state index contributed by atoms with van der Waals surface area (Å²) < 4.78 is 5.14. The van der Waals surface area contributed by atoms with Crippen LogP contribution in [0.25, 0.3) is 0 Å². The van der Waals surface area contributed by atoms with Crippen molar-refractivity contribution < 1.29 is 14.3 Å². The van der Waals surface area contributed by atoms with Crippen LogP contribution >= 0.6 is 0 Å². The molecule has 3 amide bonds. The molecule has 1 saturated heterocycles. The van der Waals surface area contributed by atoms with Crippen LogP contribution in [0.2, 0.25) is 0 Å². The van der Waals surface area contributed by atoms with Crippen LogP contribution in [0.5, 0.6) is 5.75 Å². The van der Waals surface area contributed by atoms with Crippen molar-refractivity contribution in [2.24, 2.45) is 0 Å². The summed E-state index contributed by atoms with van der Waals surface area (Å²) >= 11 is 0. The highest BCUT2D eigenvalue weighted by Gasteiger charge is 2.24. The van der Waals surface area contributed by atoms with Gasteiger partial charge in [0.05, 0.1) is 7.11 Å². The first-order valence-corrected chi connectivity index (χ1v) is 8.56. The van der Waals surface area contributed by atoms with E-state index >= 15 is 0 Å². The van der Waals surface area contributed by atoms with Gasteiger partial charge in [0.2, 0.25) is 0 Å².